The van der Waals surface area contributed by atoms with E-state index in [0.717, 1.165) is 44.5 Å². The van der Waals surface area contributed by atoms with E-state index >= 15 is 0 Å². The molecule has 2 aromatic heterocycles. The van der Waals surface area contributed by atoms with E-state index < -0.39 is 0 Å². The lowest BCUT2D eigenvalue weighted by Gasteiger charge is -2.12. The number of allylic oxidation sites excluding steroid dienone is 1. The lowest BCUT2D eigenvalue weighted by Crippen LogP contribution is -2.15. The van der Waals surface area contributed by atoms with E-state index in [2.05, 4.69) is 34.2 Å². The van der Waals surface area contributed by atoms with Crippen LogP contribution in [0.1, 0.15) is 11.1 Å². The van der Waals surface area contributed by atoms with Gasteiger partial charge in [-0.2, -0.15) is 0 Å². The molecular formula is C30H27N5OS. The van der Waals surface area contributed by atoms with Crippen LogP contribution in [0.4, 0.5) is 5.69 Å². The van der Waals surface area contributed by atoms with E-state index in [0.29, 0.717) is 17.5 Å². The average Bonchev–Trinajstić information content (AvgIpc) is 3.31. The SMILES string of the molecule is C=CCn1c(SCC(=O)Nc2ccc(C)cc2C)nnc1-c1cc(-c2ccccc2)nc2ccccc12. The molecule has 0 aliphatic rings. The molecule has 5 rings (SSSR count). The molecule has 0 saturated heterocycles. The van der Waals surface area contributed by atoms with Gasteiger partial charge in [0.25, 0.3) is 0 Å². The molecule has 0 aliphatic carbocycles. The van der Waals surface area contributed by atoms with Crippen LogP contribution in [0.2, 0.25) is 0 Å². The first kappa shape index (κ1) is 24.5. The van der Waals surface area contributed by atoms with Crippen molar-refractivity contribution < 1.29 is 4.79 Å². The van der Waals surface area contributed by atoms with Crippen molar-refractivity contribution in [3.8, 4) is 22.6 Å². The van der Waals surface area contributed by atoms with E-state index in [1.165, 1.54) is 11.8 Å². The number of pyridine rings is 1. The minimum Gasteiger partial charge on any atom is -0.325 e. The standard InChI is InChI=1S/C30H27N5OS/c1-4-16-35-29(33-34-30(35)37-19-28(36)32-25-15-14-20(2)17-21(25)3)24-18-27(22-10-6-5-7-11-22)31-26-13-9-8-12-23(24)26/h4-15,17-18H,1,16,19H2,2-3H3,(H,32,36). The Bertz CT molecular complexity index is 1590. The molecule has 2 heterocycles. The van der Waals surface area contributed by atoms with Crippen molar-refractivity contribution in [1.82, 2.24) is 19.7 Å². The first-order valence-corrected chi connectivity index (χ1v) is 13.0. The molecule has 0 aliphatic heterocycles. The third-order valence-corrected chi connectivity index (χ3v) is 7.01. The Labute approximate surface area is 220 Å². The molecule has 0 spiro atoms. The van der Waals surface area contributed by atoms with Crippen LogP contribution in [0.25, 0.3) is 33.5 Å². The molecule has 0 bridgehead atoms. The predicted molar refractivity (Wildman–Crippen MR) is 152 cm³/mol. The normalized spacial score (nSPS) is 11.0. The Balaban J connectivity index is 1.47. The number of aromatic nitrogens is 4. The summed E-state index contributed by atoms with van der Waals surface area (Å²) < 4.78 is 2.00. The fraction of sp³-hybridized carbons (Fsp3) is 0.133. The summed E-state index contributed by atoms with van der Waals surface area (Å²) in [6, 6.07) is 26.2. The second kappa shape index (κ2) is 10.8. The molecule has 0 saturated carbocycles. The summed E-state index contributed by atoms with van der Waals surface area (Å²) in [4.78, 5) is 17.6. The zero-order chi connectivity index (χ0) is 25.8. The molecule has 0 atom stereocenters. The number of hydrogen-bond acceptors (Lipinski definition) is 5. The fourth-order valence-corrected chi connectivity index (χ4v) is 5.02. The number of nitrogens with zero attached hydrogens (tertiary/aromatic N) is 4. The topological polar surface area (TPSA) is 72.7 Å². The van der Waals surface area contributed by atoms with Gasteiger partial charge in [0.2, 0.25) is 5.91 Å². The Morgan fingerprint density at radius 1 is 1.00 bits per heavy atom. The van der Waals surface area contributed by atoms with E-state index in [4.69, 9.17) is 4.98 Å². The van der Waals surface area contributed by atoms with Gasteiger partial charge in [-0.05, 0) is 37.6 Å². The molecule has 0 unspecified atom stereocenters. The summed E-state index contributed by atoms with van der Waals surface area (Å²) in [7, 11) is 0. The number of fused-ring (bicyclic) bond motifs is 1. The molecule has 184 valence electrons. The number of benzene rings is 3. The van der Waals surface area contributed by atoms with E-state index in [1.54, 1.807) is 0 Å². The minimum atomic E-state index is -0.0904. The van der Waals surface area contributed by atoms with Crippen LogP contribution in [-0.2, 0) is 11.3 Å². The van der Waals surface area contributed by atoms with Crippen molar-refractivity contribution in [1.29, 1.82) is 0 Å². The van der Waals surface area contributed by atoms with Crippen LogP contribution in [-0.4, -0.2) is 31.4 Å². The van der Waals surface area contributed by atoms with Gasteiger partial charge >= 0.3 is 0 Å². The monoisotopic (exact) mass is 505 g/mol. The molecule has 3 aromatic carbocycles. The number of nitrogens with one attached hydrogen (secondary N) is 1. The largest absolute Gasteiger partial charge is 0.325 e. The number of thioether (sulfide) groups is 1. The number of para-hydroxylation sites is 1. The smallest absolute Gasteiger partial charge is 0.234 e. The highest BCUT2D eigenvalue weighted by molar-refractivity contribution is 7.99. The molecule has 0 fully saturated rings. The van der Waals surface area contributed by atoms with Gasteiger partial charge in [-0.25, -0.2) is 4.98 Å². The maximum atomic E-state index is 12.7. The van der Waals surface area contributed by atoms with Crippen molar-refractivity contribution in [2.45, 2.75) is 25.5 Å². The predicted octanol–water partition coefficient (Wildman–Crippen LogP) is 6.69. The Morgan fingerprint density at radius 3 is 2.57 bits per heavy atom. The number of aryl methyl sites for hydroxylation is 2. The van der Waals surface area contributed by atoms with Gasteiger partial charge < -0.3 is 5.32 Å². The van der Waals surface area contributed by atoms with Crippen LogP contribution in [0.5, 0.6) is 0 Å². The maximum absolute atomic E-state index is 12.7. The van der Waals surface area contributed by atoms with E-state index in [9.17, 15) is 4.79 Å². The van der Waals surface area contributed by atoms with E-state index in [1.807, 2.05) is 91.2 Å². The van der Waals surface area contributed by atoms with Gasteiger partial charge in [-0.3, -0.25) is 9.36 Å². The van der Waals surface area contributed by atoms with Crippen LogP contribution in [0, 0.1) is 13.8 Å². The zero-order valence-electron chi connectivity index (χ0n) is 20.8. The van der Waals surface area contributed by atoms with Crippen LogP contribution < -0.4 is 5.32 Å². The summed E-state index contributed by atoms with van der Waals surface area (Å²) in [5.41, 5.74) is 6.73. The first-order valence-electron chi connectivity index (χ1n) is 12.0. The number of hydrogen-bond donors (Lipinski definition) is 1. The third kappa shape index (κ3) is 5.32. The highest BCUT2D eigenvalue weighted by Crippen LogP contribution is 2.33. The fourth-order valence-electron chi connectivity index (χ4n) is 4.28. The van der Waals surface area contributed by atoms with Crippen LogP contribution in [0.15, 0.2) is 96.7 Å². The lowest BCUT2D eigenvalue weighted by molar-refractivity contribution is -0.113. The van der Waals surface area contributed by atoms with Gasteiger partial charge in [0, 0.05) is 28.7 Å². The minimum absolute atomic E-state index is 0.0904. The first-order chi connectivity index (χ1) is 18.0. The van der Waals surface area contributed by atoms with Gasteiger partial charge in [-0.1, -0.05) is 84.1 Å². The molecule has 6 nitrogen and oxygen atoms in total. The molecule has 1 amide bonds. The number of anilines is 1. The van der Waals surface area contributed by atoms with Crippen molar-refractivity contribution in [3.63, 3.8) is 0 Å². The van der Waals surface area contributed by atoms with Crippen molar-refractivity contribution >= 4 is 34.3 Å². The van der Waals surface area contributed by atoms with Crippen molar-refractivity contribution in [2.24, 2.45) is 0 Å². The highest BCUT2D eigenvalue weighted by atomic mass is 32.2. The van der Waals surface area contributed by atoms with Crippen LogP contribution in [0.3, 0.4) is 0 Å². The van der Waals surface area contributed by atoms with E-state index in [-0.39, 0.29) is 11.7 Å². The molecule has 0 radical (unpaired) electrons. The molecule has 5 aromatic rings. The Kier molecular flexibility index (Phi) is 7.14. The highest BCUT2D eigenvalue weighted by Gasteiger charge is 2.19. The number of carbonyl (C=O) groups excluding carboxylic acids is 1. The average molecular weight is 506 g/mol. The summed E-state index contributed by atoms with van der Waals surface area (Å²) in [5, 5.41) is 13.7. The number of carbonyl (C=O) groups is 1. The second-order valence-electron chi connectivity index (χ2n) is 8.80. The van der Waals surface area contributed by atoms with Gasteiger partial charge in [0.1, 0.15) is 0 Å². The second-order valence-corrected chi connectivity index (χ2v) is 9.74. The number of amides is 1. The van der Waals surface area contributed by atoms with Gasteiger partial charge in [-0.15, -0.1) is 16.8 Å². The molecule has 7 heteroatoms. The van der Waals surface area contributed by atoms with Crippen molar-refractivity contribution in [3.05, 3.63) is 103 Å². The zero-order valence-corrected chi connectivity index (χ0v) is 21.6. The summed E-state index contributed by atoms with van der Waals surface area (Å²) in [5.74, 6) is 0.843. The lowest BCUT2D eigenvalue weighted by atomic mass is 10.0. The Hall–Kier alpha value is -4.23. The summed E-state index contributed by atoms with van der Waals surface area (Å²) in [6.07, 6.45) is 1.81. The van der Waals surface area contributed by atoms with Gasteiger partial charge in [0.05, 0.1) is 17.0 Å². The van der Waals surface area contributed by atoms with Gasteiger partial charge in [0.15, 0.2) is 11.0 Å². The summed E-state index contributed by atoms with van der Waals surface area (Å²) >= 11 is 1.36. The Morgan fingerprint density at radius 2 is 1.78 bits per heavy atom. The maximum Gasteiger partial charge on any atom is 0.234 e. The molecule has 1 N–H and O–H groups in total. The molecule has 37 heavy (non-hydrogen) atoms. The molecular weight excluding hydrogens is 478 g/mol. The number of rotatable bonds is 8. The van der Waals surface area contributed by atoms with Crippen LogP contribution >= 0.6 is 11.8 Å². The quantitative estimate of drug-likeness (QED) is 0.188. The van der Waals surface area contributed by atoms with Crippen molar-refractivity contribution in [2.75, 3.05) is 11.1 Å². The summed E-state index contributed by atoms with van der Waals surface area (Å²) in [6.45, 7) is 8.47. The third-order valence-electron chi connectivity index (χ3n) is 6.04.